The van der Waals surface area contributed by atoms with Crippen LogP contribution in [0.15, 0.2) is 48.5 Å². The number of piperidine rings is 1. The average molecular weight is 365 g/mol. The van der Waals surface area contributed by atoms with E-state index in [1.54, 1.807) is 6.07 Å². The van der Waals surface area contributed by atoms with Crippen molar-refractivity contribution in [1.82, 2.24) is 15.1 Å². The Balaban J connectivity index is 1.26. The van der Waals surface area contributed by atoms with Gasteiger partial charge in [-0.15, -0.1) is 0 Å². The molecule has 1 fully saturated rings. The summed E-state index contributed by atoms with van der Waals surface area (Å²) < 4.78 is 0. The molecule has 2 heterocycles. The smallest absolute Gasteiger partial charge is 0.234 e. The number of aromatic hydroxyl groups is 1. The molecule has 0 spiro atoms. The minimum Gasteiger partial charge on any atom is -0.508 e. The minimum atomic E-state index is 0.118. The van der Waals surface area contributed by atoms with E-state index in [-0.39, 0.29) is 11.9 Å². The quantitative estimate of drug-likeness (QED) is 0.855. The fourth-order valence-electron chi connectivity index (χ4n) is 4.22. The lowest BCUT2D eigenvalue weighted by Crippen LogP contribution is -2.49. The van der Waals surface area contributed by atoms with Gasteiger partial charge in [-0.2, -0.15) is 0 Å². The number of benzene rings is 2. The summed E-state index contributed by atoms with van der Waals surface area (Å²) in [6.07, 6.45) is 2.11. The van der Waals surface area contributed by atoms with Gasteiger partial charge in [0.15, 0.2) is 0 Å². The summed E-state index contributed by atoms with van der Waals surface area (Å²) in [5, 5.41) is 12.9. The van der Waals surface area contributed by atoms with Crippen LogP contribution in [0.3, 0.4) is 0 Å². The lowest BCUT2D eigenvalue weighted by molar-refractivity contribution is -0.123. The lowest BCUT2D eigenvalue weighted by Gasteiger charge is -2.33. The Morgan fingerprint density at radius 2 is 1.85 bits per heavy atom. The third kappa shape index (κ3) is 4.67. The first-order valence-corrected chi connectivity index (χ1v) is 9.74. The standard InChI is InChI=1S/C22H27N3O2/c26-21-9-3-5-17(11-21)12-24-10-4-8-20(15-24)23-22(27)16-25-13-18-6-1-2-7-19(18)14-25/h1-3,5-7,9,11,20,26H,4,8,10,12-16H2,(H,23,27)/t20-/m1/s1. The fraction of sp³-hybridized carbons (Fsp3) is 0.409. The average Bonchev–Trinajstić information content (AvgIpc) is 3.04. The van der Waals surface area contributed by atoms with Crippen LogP contribution in [0.5, 0.6) is 5.75 Å². The number of nitrogens with zero attached hydrogens (tertiary/aromatic N) is 2. The van der Waals surface area contributed by atoms with Gasteiger partial charge in [0.2, 0.25) is 5.91 Å². The first-order valence-electron chi connectivity index (χ1n) is 9.74. The van der Waals surface area contributed by atoms with Gasteiger partial charge < -0.3 is 10.4 Å². The summed E-state index contributed by atoms with van der Waals surface area (Å²) in [5.74, 6) is 0.424. The van der Waals surface area contributed by atoms with E-state index in [2.05, 4.69) is 39.4 Å². The van der Waals surface area contributed by atoms with Crippen LogP contribution >= 0.6 is 0 Å². The number of nitrogens with one attached hydrogen (secondary N) is 1. The molecule has 0 aromatic heterocycles. The summed E-state index contributed by atoms with van der Waals surface area (Å²) in [6.45, 7) is 4.88. The zero-order valence-electron chi connectivity index (χ0n) is 15.6. The van der Waals surface area contributed by atoms with E-state index in [9.17, 15) is 9.90 Å². The molecule has 2 aromatic rings. The molecule has 1 atom stereocenters. The highest BCUT2D eigenvalue weighted by Gasteiger charge is 2.24. The molecule has 0 bridgehead atoms. The molecule has 0 saturated carbocycles. The normalized spacial score (nSPS) is 20.4. The van der Waals surface area contributed by atoms with E-state index in [1.807, 2.05) is 18.2 Å². The summed E-state index contributed by atoms with van der Waals surface area (Å²) >= 11 is 0. The number of carbonyl (C=O) groups excluding carboxylic acids is 1. The molecule has 5 nitrogen and oxygen atoms in total. The maximum absolute atomic E-state index is 12.5. The molecule has 2 aliphatic heterocycles. The second kappa shape index (κ2) is 8.11. The van der Waals surface area contributed by atoms with Crippen molar-refractivity contribution in [1.29, 1.82) is 0 Å². The molecule has 4 rings (SSSR count). The predicted molar refractivity (Wildman–Crippen MR) is 105 cm³/mol. The lowest BCUT2D eigenvalue weighted by atomic mass is 10.0. The van der Waals surface area contributed by atoms with Gasteiger partial charge in [0.1, 0.15) is 5.75 Å². The van der Waals surface area contributed by atoms with Gasteiger partial charge in [0.05, 0.1) is 6.54 Å². The first-order chi connectivity index (χ1) is 13.2. The molecular weight excluding hydrogens is 338 g/mol. The second-order valence-corrected chi connectivity index (χ2v) is 7.73. The highest BCUT2D eigenvalue weighted by molar-refractivity contribution is 5.78. The molecule has 0 unspecified atom stereocenters. The summed E-state index contributed by atoms with van der Waals surface area (Å²) in [5.41, 5.74) is 3.78. The van der Waals surface area contributed by atoms with Crippen LogP contribution in [0, 0.1) is 0 Å². The Bertz CT molecular complexity index is 783. The number of rotatable bonds is 5. The fourth-order valence-corrected chi connectivity index (χ4v) is 4.22. The molecule has 2 aromatic carbocycles. The topological polar surface area (TPSA) is 55.8 Å². The summed E-state index contributed by atoms with van der Waals surface area (Å²) in [7, 11) is 0. The van der Waals surface area contributed by atoms with E-state index in [4.69, 9.17) is 0 Å². The number of carbonyl (C=O) groups is 1. The number of hydrogen-bond donors (Lipinski definition) is 2. The van der Waals surface area contributed by atoms with Crippen LogP contribution in [-0.4, -0.2) is 46.5 Å². The van der Waals surface area contributed by atoms with E-state index >= 15 is 0 Å². The Morgan fingerprint density at radius 1 is 1.07 bits per heavy atom. The Hall–Kier alpha value is -2.37. The first kappa shape index (κ1) is 18.0. The number of amides is 1. The van der Waals surface area contributed by atoms with E-state index < -0.39 is 0 Å². The second-order valence-electron chi connectivity index (χ2n) is 7.73. The largest absolute Gasteiger partial charge is 0.508 e. The highest BCUT2D eigenvalue weighted by atomic mass is 16.3. The summed E-state index contributed by atoms with van der Waals surface area (Å²) in [4.78, 5) is 17.1. The molecule has 2 N–H and O–H groups in total. The SMILES string of the molecule is O=C(CN1Cc2ccccc2C1)N[C@@H]1CCCN(Cc2cccc(O)c2)C1. The maximum Gasteiger partial charge on any atom is 0.234 e. The van der Waals surface area contributed by atoms with Gasteiger partial charge in [-0.05, 0) is 48.2 Å². The van der Waals surface area contributed by atoms with Gasteiger partial charge in [0, 0.05) is 32.2 Å². The van der Waals surface area contributed by atoms with Crippen molar-refractivity contribution in [2.24, 2.45) is 0 Å². The number of fused-ring (bicyclic) bond motifs is 1. The molecule has 142 valence electrons. The van der Waals surface area contributed by atoms with Crippen molar-refractivity contribution in [2.75, 3.05) is 19.6 Å². The van der Waals surface area contributed by atoms with Gasteiger partial charge in [-0.1, -0.05) is 36.4 Å². The van der Waals surface area contributed by atoms with Gasteiger partial charge >= 0.3 is 0 Å². The van der Waals surface area contributed by atoms with E-state index in [0.29, 0.717) is 12.3 Å². The van der Waals surface area contributed by atoms with Crippen molar-refractivity contribution < 1.29 is 9.90 Å². The third-order valence-electron chi connectivity index (χ3n) is 5.46. The highest BCUT2D eigenvalue weighted by Crippen LogP contribution is 2.22. The van der Waals surface area contributed by atoms with Gasteiger partial charge in [-0.25, -0.2) is 0 Å². The Labute approximate surface area is 160 Å². The molecule has 27 heavy (non-hydrogen) atoms. The van der Waals surface area contributed by atoms with Crippen molar-refractivity contribution in [3.8, 4) is 5.75 Å². The predicted octanol–water partition coefficient (Wildman–Crippen LogP) is 2.49. The van der Waals surface area contributed by atoms with Crippen molar-refractivity contribution in [3.63, 3.8) is 0 Å². The van der Waals surface area contributed by atoms with Crippen LogP contribution in [0.2, 0.25) is 0 Å². The van der Waals surface area contributed by atoms with Crippen molar-refractivity contribution in [2.45, 2.75) is 38.5 Å². The van der Waals surface area contributed by atoms with Crippen LogP contribution < -0.4 is 5.32 Å². The minimum absolute atomic E-state index is 0.118. The number of likely N-dealkylation sites (tertiary alicyclic amines) is 1. The molecule has 0 radical (unpaired) electrons. The maximum atomic E-state index is 12.5. The zero-order chi connectivity index (χ0) is 18.6. The number of hydrogen-bond acceptors (Lipinski definition) is 4. The van der Waals surface area contributed by atoms with E-state index in [1.165, 1.54) is 11.1 Å². The molecule has 2 aliphatic rings. The van der Waals surface area contributed by atoms with Crippen LogP contribution in [0.25, 0.3) is 0 Å². The molecular formula is C22H27N3O2. The van der Waals surface area contributed by atoms with Crippen molar-refractivity contribution >= 4 is 5.91 Å². The molecule has 0 aliphatic carbocycles. The third-order valence-corrected chi connectivity index (χ3v) is 5.46. The van der Waals surface area contributed by atoms with Crippen LogP contribution in [0.1, 0.15) is 29.5 Å². The molecule has 5 heteroatoms. The van der Waals surface area contributed by atoms with Gasteiger partial charge in [0.25, 0.3) is 0 Å². The molecule has 1 saturated heterocycles. The Kier molecular flexibility index (Phi) is 5.41. The number of phenols is 1. The monoisotopic (exact) mass is 365 g/mol. The van der Waals surface area contributed by atoms with E-state index in [0.717, 1.165) is 51.1 Å². The van der Waals surface area contributed by atoms with Crippen molar-refractivity contribution in [3.05, 3.63) is 65.2 Å². The van der Waals surface area contributed by atoms with Crippen LogP contribution in [0.4, 0.5) is 0 Å². The summed E-state index contributed by atoms with van der Waals surface area (Å²) in [6, 6.07) is 16.0. The zero-order valence-corrected chi connectivity index (χ0v) is 15.6. The number of phenolic OH excluding ortho intramolecular Hbond substituents is 1. The van der Waals surface area contributed by atoms with Crippen LogP contribution in [-0.2, 0) is 24.4 Å². The molecule has 1 amide bonds. The van der Waals surface area contributed by atoms with Gasteiger partial charge in [-0.3, -0.25) is 14.6 Å². The Morgan fingerprint density at radius 3 is 2.59 bits per heavy atom.